The van der Waals surface area contributed by atoms with Crippen LogP contribution in [0, 0.1) is 6.92 Å². The molecule has 10 heteroatoms. The maximum atomic E-state index is 12.1. The number of benzene rings is 1. The van der Waals surface area contributed by atoms with Gasteiger partial charge in [-0.2, -0.15) is 0 Å². The van der Waals surface area contributed by atoms with Gasteiger partial charge in [-0.25, -0.2) is 18.1 Å². The number of aromatic nitrogens is 2. The lowest BCUT2D eigenvalue weighted by atomic mass is 10.2. The first-order chi connectivity index (χ1) is 12.8. The molecule has 0 aliphatic heterocycles. The molecule has 148 valence electrons. The lowest BCUT2D eigenvalue weighted by Crippen LogP contribution is -2.33. The Morgan fingerprint density at radius 1 is 1.30 bits per heavy atom. The Kier molecular flexibility index (Phi) is 9.17. The minimum absolute atomic E-state index is 0.130. The van der Waals surface area contributed by atoms with Gasteiger partial charge in [-0.05, 0) is 32.4 Å². The zero-order valence-corrected chi connectivity index (χ0v) is 16.0. The normalized spacial score (nSPS) is 11.8. The number of carboxylic acid groups (broad SMARTS) is 1. The highest BCUT2D eigenvalue weighted by Gasteiger charge is 2.14. The van der Waals surface area contributed by atoms with E-state index < -0.39 is 10.0 Å². The lowest BCUT2D eigenvalue weighted by Gasteiger charge is -2.13. The molecule has 0 spiro atoms. The predicted octanol–water partition coefficient (Wildman–Crippen LogP) is 0.938. The third kappa shape index (κ3) is 7.59. The molecule has 1 amide bonds. The maximum absolute atomic E-state index is 12.1. The van der Waals surface area contributed by atoms with Crippen LogP contribution in [0.2, 0.25) is 0 Å². The first-order valence-electron chi connectivity index (χ1n) is 8.21. The zero-order valence-electron chi connectivity index (χ0n) is 15.2. The average Bonchev–Trinajstić information content (AvgIpc) is 3.16. The standard InChI is InChI=1S/C16H22N4O3S.CH2O2/c1-13-4-6-15(7-5-13)24(22,23)19-9-3-8-18-16(21)14(2)20-11-10-17-12-20;2-1-3/h4-7,10-12,14,19H,3,8-9H2,1-2H3,(H,18,21);1H,(H,2,3). The van der Waals surface area contributed by atoms with Gasteiger partial charge in [0.1, 0.15) is 6.04 Å². The number of rotatable bonds is 8. The topological polar surface area (TPSA) is 130 Å². The number of hydrogen-bond donors (Lipinski definition) is 3. The summed E-state index contributed by atoms with van der Waals surface area (Å²) in [6.45, 7) is 4.08. The van der Waals surface area contributed by atoms with Crippen LogP contribution in [0.3, 0.4) is 0 Å². The molecule has 9 nitrogen and oxygen atoms in total. The molecule has 1 aromatic carbocycles. The molecule has 2 aromatic rings. The molecule has 2 rings (SSSR count). The molecule has 0 aliphatic rings. The van der Waals surface area contributed by atoms with Crippen LogP contribution in [0.25, 0.3) is 0 Å². The van der Waals surface area contributed by atoms with E-state index in [-0.39, 0.29) is 29.9 Å². The Morgan fingerprint density at radius 2 is 1.93 bits per heavy atom. The number of nitrogens with one attached hydrogen (secondary N) is 2. The van der Waals surface area contributed by atoms with E-state index in [1.165, 1.54) is 0 Å². The fourth-order valence-corrected chi connectivity index (χ4v) is 3.16. The van der Waals surface area contributed by atoms with Crippen molar-refractivity contribution in [2.45, 2.75) is 31.2 Å². The molecule has 1 unspecified atom stereocenters. The second-order valence-electron chi connectivity index (χ2n) is 5.65. The first kappa shape index (κ1) is 22.3. The van der Waals surface area contributed by atoms with E-state index >= 15 is 0 Å². The molecule has 0 radical (unpaired) electrons. The van der Waals surface area contributed by atoms with Crippen molar-refractivity contribution in [3.63, 3.8) is 0 Å². The highest BCUT2D eigenvalue weighted by Crippen LogP contribution is 2.09. The third-order valence-corrected chi connectivity index (χ3v) is 5.10. The highest BCUT2D eigenvalue weighted by atomic mass is 32.2. The Balaban J connectivity index is 0.00000114. The second-order valence-corrected chi connectivity index (χ2v) is 7.41. The van der Waals surface area contributed by atoms with Gasteiger partial charge in [0.15, 0.2) is 0 Å². The van der Waals surface area contributed by atoms with Crippen LogP contribution in [-0.4, -0.2) is 48.5 Å². The summed E-state index contributed by atoms with van der Waals surface area (Å²) in [6.07, 6.45) is 5.43. The summed E-state index contributed by atoms with van der Waals surface area (Å²) in [7, 11) is -3.50. The van der Waals surface area contributed by atoms with Gasteiger partial charge in [0.05, 0.1) is 11.2 Å². The monoisotopic (exact) mass is 396 g/mol. The number of hydrogen-bond acceptors (Lipinski definition) is 5. The summed E-state index contributed by atoms with van der Waals surface area (Å²) in [6, 6.07) is 6.31. The second kappa shape index (κ2) is 11.1. The largest absolute Gasteiger partial charge is 0.483 e. The van der Waals surface area contributed by atoms with E-state index in [1.807, 2.05) is 6.92 Å². The summed E-state index contributed by atoms with van der Waals surface area (Å²) < 4.78 is 28.4. The van der Waals surface area contributed by atoms with Crippen molar-refractivity contribution in [3.05, 3.63) is 48.5 Å². The molecule has 0 bridgehead atoms. The van der Waals surface area contributed by atoms with E-state index in [0.717, 1.165) is 5.56 Å². The molecule has 3 N–H and O–H groups in total. The van der Waals surface area contributed by atoms with Gasteiger partial charge < -0.3 is 15.0 Å². The number of sulfonamides is 1. The SMILES string of the molecule is Cc1ccc(S(=O)(=O)NCCCNC(=O)C(C)n2ccnc2)cc1.O=CO. The first-order valence-corrected chi connectivity index (χ1v) is 9.69. The van der Waals surface area contributed by atoms with Gasteiger partial charge in [-0.15, -0.1) is 0 Å². The van der Waals surface area contributed by atoms with Crippen molar-refractivity contribution in [2.24, 2.45) is 0 Å². The number of nitrogens with zero attached hydrogens (tertiary/aromatic N) is 2. The smallest absolute Gasteiger partial charge is 0.290 e. The van der Waals surface area contributed by atoms with Crippen molar-refractivity contribution in [3.8, 4) is 0 Å². The van der Waals surface area contributed by atoms with E-state index in [1.54, 1.807) is 54.5 Å². The summed E-state index contributed by atoms with van der Waals surface area (Å²) in [5.41, 5.74) is 1.00. The van der Waals surface area contributed by atoms with Gasteiger partial charge >= 0.3 is 0 Å². The van der Waals surface area contributed by atoms with Gasteiger partial charge in [-0.1, -0.05) is 17.7 Å². The van der Waals surface area contributed by atoms with Crippen LogP contribution >= 0.6 is 0 Å². The summed E-state index contributed by atoms with van der Waals surface area (Å²) >= 11 is 0. The minimum Gasteiger partial charge on any atom is -0.483 e. The van der Waals surface area contributed by atoms with Crippen LogP contribution < -0.4 is 10.0 Å². The Morgan fingerprint density at radius 3 is 2.48 bits per heavy atom. The van der Waals surface area contributed by atoms with Crippen molar-refractivity contribution >= 4 is 22.4 Å². The molecular formula is C17H24N4O5S. The van der Waals surface area contributed by atoms with Crippen molar-refractivity contribution in [2.75, 3.05) is 13.1 Å². The molecule has 0 saturated heterocycles. The van der Waals surface area contributed by atoms with E-state index in [0.29, 0.717) is 13.0 Å². The quantitative estimate of drug-likeness (QED) is 0.450. The fourth-order valence-electron chi connectivity index (χ4n) is 2.09. The van der Waals surface area contributed by atoms with Crippen LogP contribution in [-0.2, 0) is 19.6 Å². The highest BCUT2D eigenvalue weighted by molar-refractivity contribution is 7.89. The number of aryl methyl sites for hydroxylation is 1. The zero-order chi connectivity index (χ0) is 20.3. The Labute approximate surface area is 158 Å². The number of imidazole rings is 1. The van der Waals surface area contributed by atoms with Crippen LogP contribution in [0.15, 0.2) is 47.9 Å². The summed E-state index contributed by atoms with van der Waals surface area (Å²) in [5.74, 6) is -0.130. The Bertz CT molecular complexity index is 804. The van der Waals surface area contributed by atoms with Crippen LogP contribution in [0.5, 0.6) is 0 Å². The maximum Gasteiger partial charge on any atom is 0.290 e. The van der Waals surface area contributed by atoms with E-state index in [4.69, 9.17) is 9.90 Å². The van der Waals surface area contributed by atoms with Crippen molar-refractivity contribution in [1.82, 2.24) is 19.6 Å². The summed E-state index contributed by atoms with van der Waals surface area (Å²) in [4.78, 5) is 24.5. The molecule has 1 atom stereocenters. The lowest BCUT2D eigenvalue weighted by molar-refractivity contribution is -0.124. The molecule has 1 aromatic heterocycles. The van der Waals surface area contributed by atoms with Gasteiger partial charge in [0.2, 0.25) is 15.9 Å². The molecule has 0 saturated carbocycles. The summed E-state index contributed by atoms with van der Waals surface area (Å²) in [5, 5.41) is 9.67. The van der Waals surface area contributed by atoms with Gasteiger partial charge in [-0.3, -0.25) is 9.59 Å². The number of carbonyl (C=O) groups excluding carboxylic acids is 1. The molecule has 27 heavy (non-hydrogen) atoms. The molecule has 0 aliphatic carbocycles. The van der Waals surface area contributed by atoms with Gasteiger partial charge in [0, 0.05) is 25.5 Å². The minimum atomic E-state index is -3.50. The van der Waals surface area contributed by atoms with Gasteiger partial charge in [0.25, 0.3) is 6.47 Å². The molecule has 0 fully saturated rings. The predicted molar refractivity (Wildman–Crippen MR) is 99.6 cm³/mol. The van der Waals surface area contributed by atoms with E-state index in [2.05, 4.69) is 15.0 Å². The number of carbonyl (C=O) groups is 2. The van der Waals surface area contributed by atoms with Crippen LogP contribution in [0.1, 0.15) is 24.9 Å². The molecular weight excluding hydrogens is 372 g/mol. The molecule has 1 heterocycles. The van der Waals surface area contributed by atoms with Crippen molar-refractivity contribution < 1.29 is 23.1 Å². The van der Waals surface area contributed by atoms with E-state index in [9.17, 15) is 13.2 Å². The third-order valence-electron chi connectivity index (χ3n) is 3.63. The van der Waals surface area contributed by atoms with Crippen molar-refractivity contribution in [1.29, 1.82) is 0 Å². The van der Waals surface area contributed by atoms with Crippen LogP contribution in [0.4, 0.5) is 0 Å². The average molecular weight is 396 g/mol. The fraction of sp³-hybridized carbons (Fsp3) is 0.353. The number of amides is 1. The Hall–Kier alpha value is -2.72.